The first kappa shape index (κ1) is 13.8. The summed E-state index contributed by atoms with van der Waals surface area (Å²) in [5, 5.41) is 2.74. The minimum absolute atomic E-state index is 0.176. The summed E-state index contributed by atoms with van der Waals surface area (Å²) in [4.78, 5) is 1.75. The van der Waals surface area contributed by atoms with Gasteiger partial charge in [-0.1, -0.05) is 0 Å². The molecule has 0 unspecified atom stereocenters. The Kier molecular flexibility index (Phi) is 3.42. The van der Waals surface area contributed by atoms with E-state index in [1.165, 1.54) is 0 Å². The second kappa shape index (κ2) is 4.21. The monoisotopic (exact) mass is 271 g/mol. The normalized spacial score (nSPS) is 22.0. The zero-order valence-corrected chi connectivity index (χ0v) is 10.2. The molecule has 1 N–H and O–H groups in total. The maximum absolute atomic E-state index is 12.0. The number of alkyl halides is 3. The minimum atomic E-state index is -5.45. The van der Waals surface area contributed by atoms with Crippen LogP contribution < -0.4 is 5.32 Å². The smallest absolute Gasteiger partial charge is 0.374 e. The van der Waals surface area contributed by atoms with Gasteiger partial charge in [-0.3, -0.25) is 0 Å². The maximum Gasteiger partial charge on any atom is 0.518 e. The summed E-state index contributed by atoms with van der Waals surface area (Å²) in [6.45, 7) is 1.72. The van der Waals surface area contributed by atoms with Crippen molar-refractivity contribution in [1.29, 1.82) is 0 Å². The molecule has 98 valence electrons. The van der Waals surface area contributed by atoms with Gasteiger partial charge in [0.2, 0.25) is 0 Å². The van der Waals surface area contributed by atoms with E-state index in [4.69, 9.17) is 0 Å². The first-order chi connectivity index (χ1) is 7.62. The van der Waals surface area contributed by atoms with Crippen LogP contribution in [0.25, 0.3) is 0 Å². The van der Waals surface area contributed by atoms with Crippen molar-refractivity contribution in [3.8, 4) is 0 Å². The lowest BCUT2D eigenvalue weighted by Crippen LogP contribution is -2.47. The quantitative estimate of drug-likeness (QED) is 0.766. The van der Waals surface area contributed by atoms with Crippen LogP contribution in [0.3, 0.4) is 0 Å². The molecular formula is C8H12F3N3O2S. The van der Waals surface area contributed by atoms with Crippen LogP contribution in [-0.4, -0.2) is 45.2 Å². The summed E-state index contributed by atoms with van der Waals surface area (Å²) >= 11 is 0. The molecule has 17 heavy (non-hydrogen) atoms. The molecule has 9 heteroatoms. The van der Waals surface area contributed by atoms with Crippen molar-refractivity contribution in [2.75, 3.05) is 14.1 Å². The van der Waals surface area contributed by atoms with Crippen LogP contribution in [0.5, 0.6) is 0 Å². The highest BCUT2D eigenvalue weighted by atomic mass is 32.2. The van der Waals surface area contributed by atoms with Crippen LogP contribution in [0.15, 0.2) is 15.8 Å². The van der Waals surface area contributed by atoms with Crippen molar-refractivity contribution in [2.24, 2.45) is 4.40 Å². The Morgan fingerprint density at radius 3 is 2.41 bits per heavy atom. The van der Waals surface area contributed by atoms with Crippen molar-refractivity contribution >= 4 is 16.2 Å². The van der Waals surface area contributed by atoms with Gasteiger partial charge in [0.05, 0.1) is 6.04 Å². The fourth-order valence-electron chi connectivity index (χ4n) is 1.41. The molecule has 5 nitrogen and oxygen atoms in total. The Bertz CT molecular complexity index is 467. The number of sulfonamides is 1. The van der Waals surface area contributed by atoms with Gasteiger partial charge in [0, 0.05) is 25.9 Å². The zero-order valence-electron chi connectivity index (χ0n) is 9.41. The summed E-state index contributed by atoms with van der Waals surface area (Å²) in [5.74, 6) is 0.554. The molecule has 0 saturated carbocycles. The average Bonchev–Trinajstić information content (AvgIpc) is 2.20. The Labute approximate surface area is 97.1 Å². The molecular weight excluding hydrogens is 259 g/mol. The number of nitrogens with one attached hydrogen (secondary N) is 1. The van der Waals surface area contributed by atoms with E-state index in [-0.39, 0.29) is 6.04 Å². The van der Waals surface area contributed by atoms with Gasteiger partial charge in [0.1, 0.15) is 5.82 Å². The van der Waals surface area contributed by atoms with Crippen molar-refractivity contribution in [3.63, 3.8) is 0 Å². The second-order valence-electron chi connectivity index (χ2n) is 3.50. The van der Waals surface area contributed by atoms with Crippen molar-refractivity contribution in [1.82, 2.24) is 10.2 Å². The third kappa shape index (κ3) is 2.38. The Hall–Kier alpha value is -1.25. The van der Waals surface area contributed by atoms with Gasteiger partial charge in [-0.2, -0.15) is 26.0 Å². The highest BCUT2D eigenvalue weighted by Gasteiger charge is 2.46. The summed E-state index contributed by atoms with van der Waals surface area (Å²) in [6, 6.07) is -0.176. The Morgan fingerprint density at radius 2 is 2.00 bits per heavy atom. The first-order valence-corrected chi connectivity index (χ1v) is 6.07. The number of rotatable bonds is 3. The molecule has 1 rings (SSSR count). The molecule has 1 aliphatic heterocycles. The van der Waals surface area contributed by atoms with Crippen molar-refractivity contribution in [3.05, 3.63) is 11.4 Å². The minimum Gasteiger partial charge on any atom is -0.374 e. The molecule has 0 aromatic carbocycles. The van der Waals surface area contributed by atoms with Crippen molar-refractivity contribution < 1.29 is 21.6 Å². The number of hydrogen-bond donors (Lipinski definition) is 1. The van der Waals surface area contributed by atoms with Gasteiger partial charge in [0.15, 0.2) is 0 Å². The third-order valence-electron chi connectivity index (χ3n) is 2.52. The molecule has 0 fully saturated rings. The summed E-state index contributed by atoms with van der Waals surface area (Å²) < 4.78 is 60.1. The molecule has 0 bridgehead atoms. The molecule has 0 spiro atoms. The number of halogens is 3. The fraction of sp³-hybridized carbons (Fsp3) is 0.625. The lowest BCUT2D eigenvalue weighted by atomic mass is 10.0. The highest BCUT2D eigenvalue weighted by Crippen LogP contribution is 2.28. The predicted octanol–water partition coefficient (Wildman–Crippen LogP) is 0.672. The van der Waals surface area contributed by atoms with Gasteiger partial charge in [-0.15, -0.1) is 0 Å². The maximum atomic E-state index is 12.0. The van der Waals surface area contributed by atoms with E-state index in [0.29, 0.717) is 11.4 Å². The molecule has 1 aliphatic rings. The van der Waals surface area contributed by atoms with Crippen LogP contribution in [0.4, 0.5) is 13.2 Å². The molecule has 1 heterocycles. The topological polar surface area (TPSA) is 61.8 Å². The molecule has 0 radical (unpaired) electrons. The van der Waals surface area contributed by atoms with Gasteiger partial charge in [-0.25, -0.2) is 0 Å². The van der Waals surface area contributed by atoms with E-state index in [0.717, 1.165) is 6.21 Å². The molecule has 0 aliphatic carbocycles. The summed E-state index contributed by atoms with van der Waals surface area (Å²) in [6.07, 6.45) is 0.735. The average molecular weight is 271 g/mol. The van der Waals surface area contributed by atoms with Gasteiger partial charge >= 0.3 is 15.5 Å². The van der Waals surface area contributed by atoms with Gasteiger partial charge in [-0.05, 0) is 6.92 Å². The Morgan fingerprint density at radius 1 is 1.47 bits per heavy atom. The number of likely N-dealkylation sites (N-methyl/N-ethyl adjacent to an activating group) is 1. The lowest BCUT2D eigenvalue weighted by molar-refractivity contribution is -0.0435. The van der Waals surface area contributed by atoms with Crippen LogP contribution >= 0.6 is 0 Å². The third-order valence-corrected chi connectivity index (χ3v) is 3.48. The highest BCUT2D eigenvalue weighted by molar-refractivity contribution is 7.91. The van der Waals surface area contributed by atoms with E-state index < -0.39 is 15.5 Å². The number of nitrogens with zero attached hydrogens (tertiary/aromatic N) is 2. The fourth-order valence-corrected chi connectivity index (χ4v) is 1.79. The molecule has 0 saturated heterocycles. The predicted molar refractivity (Wildman–Crippen MR) is 56.8 cm³/mol. The van der Waals surface area contributed by atoms with Crippen LogP contribution in [0, 0.1) is 0 Å². The van der Waals surface area contributed by atoms with Crippen LogP contribution in [-0.2, 0) is 10.0 Å². The summed E-state index contributed by atoms with van der Waals surface area (Å²) in [5.41, 5.74) is -4.94. The summed E-state index contributed by atoms with van der Waals surface area (Å²) in [7, 11) is -2.14. The molecule has 0 amide bonds. The van der Waals surface area contributed by atoms with Gasteiger partial charge < -0.3 is 10.2 Å². The SMILES string of the molecule is CNC1=C(/C=N\S(=O)(=O)C(F)(F)F)[C@H](C)N1C. The van der Waals surface area contributed by atoms with E-state index in [1.807, 2.05) is 0 Å². The number of hydrogen-bond acceptors (Lipinski definition) is 4. The van der Waals surface area contributed by atoms with E-state index in [9.17, 15) is 21.6 Å². The van der Waals surface area contributed by atoms with E-state index >= 15 is 0 Å². The Balaban J connectivity index is 2.99. The largest absolute Gasteiger partial charge is 0.518 e. The molecule has 0 aromatic rings. The second-order valence-corrected chi connectivity index (χ2v) is 5.12. The standard InChI is InChI=1S/C8H12F3N3O2S/c1-5-6(7(12-2)14(5)3)4-13-17(15,16)8(9,10)11/h4-5,12H,1-3H3/b13-4-/t5-/m0/s1. The van der Waals surface area contributed by atoms with Gasteiger partial charge in [0.25, 0.3) is 0 Å². The lowest BCUT2D eigenvalue weighted by Gasteiger charge is -2.40. The molecule has 0 aromatic heterocycles. The molecule has 1 atom stereocenters. The van der Waals surface area contributed by atoms with Crippen molar-refractivity contribution in [2.45, 2.75) is 18.5 Å². The van der Waals surface area contributed by atoms with Crippen LogP contribution in [0.2, 0.25) is 0 Å². The zero-order chi connectivity index (χ0) is 13.4. The van der Waals surface area contributed by atoms with Crippen LogP contribution in [0.1, 0.15) is 6.92 Å². The van der Waals surface area contributed by atoms with E-state index in [2.05, 4.69) is 9.71 Å². The first-order valence-electron chi connectivity index (χ1n) is 4.63. The van der Waals surface area contributed by atoms with E-state index in [1.54, 1.807) is 25.9 Å².